The first-order valence-corrected chi connectivity index (χ1v) is 6.16. The van der Waals surface area contributed by atoms with Gasteiger partial charge in [0.1, 0.15) is 0 Å². The normalized spacial score (nSPS) is 10.7. The molecule has 0 fully saturated rings. The summed E-state index contributed by atoms with van der Waals surface area (Å²) in [7, 11) is 0. The molecule has 2 aromatic rings. The van der Waals surface area contributed by atoms with Crippen LogP contribution in [0, 0.1) is 0 Å². The van der Waals surface area contributed by atoms with E-state index in [1.807, 2.05) is 26.1 Å². The minimum Gasteiger partial charge on any atom is -0.305 e. The van der Waals surface area contributed by atoms with Gasteiger partial charge in [-0.1, -0.05) is 6.07 Å². The number of aromatic nitrogens is 2. The third-order valence-corrected chi connectivity index (χ3v) is 2.77. The van der Waals surface area contributed by atoms with Crippen LogP contribution in [0.5, 0.6) is 0 Å². The van der Waals surface area contributed by atoms with Gasteiger partial charge in [-0.3, -0.25) is 9.48 Å². The molecule has 1 amide bonds. The van der Waals surface area contributed by atoms with Crippen molar-refractivity contribution in [2.45, 2.75) is 24.8 Å². The number of hydrogen-bond donors (Lipinski definition) is 2. The van der Waals surface area contributed by atoms with Gasteiger partial charge in [0.05, 0.1) is 0 Å². The van der Waals surface area contributed by atoms with Gasteiger partial charge >= 0.3 is 0 Å². The summed E-state index contributed by atoms with van der Waals surface area (Å²) in [5.74, 6) is 0.373. The molecule has 0 bridgehead atoms. The summed E-state index contributed by atoms with van der Waals surface area (Å²) < 4.78 is 1.80. The Balaban J connectivity index is 2.11. The summed E-state index contributed by atoms with van der Waals surface area (Å²) in [5, 5.41) is 7.02. The number of benzene rings is 1. The molecule has 0 spiro atoms. The second-order valence-electron chi connectivity index (χ2n) is 4.28. The van der Waals surface area contributed by atoms with Gasteiger partial charge in [0.25, 0.3) is 5.91 Å². The van der Waals surface area contributed by atoms with E-state index in [9.17, 15) is 4.79 Å². The van der Waals surface area contributed by atoms with E-state index in [0.717, 1.165) is 4.90 Å². The lowest BCUT2D eigenvalue weighted by atomic mass is 10.2. The van der Waals surface area contributed by atoms with Crippen LogP contribution in [-0.2, 0) is 0 Å². The maximum atomic E-state index is 12.0. The number of thiol groups is 1. The third-order valence-electron chi connectivity index (χ3n) is 2.49. The fourth-order valence-corrected chi connectivity index (χ4v) is 1.75. The molecule has 1 heterocycles. The molecule has 0 aliphatic heterocycles. The molecule has 0 saturated carbocycles. The van der Waals surface area contributed by atoms with E-state index in [1.54, 1.807) is 28.9 Å². The van der Waals surface area contributed by atoms with Gasteiger partial charge in [-0.15, -0.1) is 12.6 Å². The Bertz CT molecular complexity index is 563. The number of nitrogens with one attached hydrogen (secondary N) is 1. The average Bonchev–Trinajstić information content (AvgIpc) is 2.77. The van der Waals surface area contributed by atoms with Crippen LogP contribution >= 0.6 is 12.6 Å². The Labute approximate surface area is 111 Å². The minimum atomic E-state index is -0.181. The molecule has 18 heavy (non-hydrogen) atoms. The quantitative estimate of drug-likeness (QED) is 0.834. The second-order valence-corrected chi connectivity index (χ2v) is 4.80. The van der Waals surface area contributed by atoms with Crippen molar-refractivity contribution in [3.05, 3.63) is 42.1 Å². The van der Waals surface area contributed by atoms with Crippen molar-refractivity contribution in [1.29, 1.82) is 0 Å². The average molecular weight is 261 g/mol. The highest BCUT2D eigenvalue weighted by Crippen LogP contribution is 2.12. The van der Waals surface area contributed by atoms with E-state index in [2.05, 4.69) is 23.0 Å². The Morgan fingerprint density at radius 3 is 2.78 bits per heavy atom. The Morgan fingerprint density at radius 1 is 1.39 bits per heavy atom. The zero-order chi connectivity index (χ0) is 13.1. The van der Waals surface area contributed by atoms with Crippen LogP contribution in [0.1, 0.15) is 30.2 Å². The van der Waals surface area contributed by atoms with Crippen LogP contribution in [-0.4, -0.2) is 15.7 Å². The summed E-state index contributed by atoms with van der Waals surface area (Å²) in [6, 6.07) is 9.14. The number of rotatable bonds is 3. The molecule has 0 atom stereocenters. The van der Waals surface area contributed by atoms with Crippen LogP contribution in [0.15, 0.2) is 41.4 Å². The van der Waals surface area contributed by atoms with Gasteiger partial charge < -0.3 is 5.32 Å². The van der Waals surface area contributed by atoms with Crippen LogP contribution < -0.4 is 5.32 Å². The predicted molar refractivity (Wildman–Crippen MR) is 74.3 cm³/mol. The van der Waals surface area contributed by atoms with Crippen LogP contribution in [0.4, 0.5) is 5.82 Å². The lowest BCUT2D eigenvalue weighted by molar-refractivity contribution is 0.102. The molecule has 1 aromatic carbocycles. The number of nitrogens with zero attached hydrogens (tertiary/aromatic N) is 2. The molecule has 0 aliphatic rings. The SMILES string of the molecule is CC(C)n1ccc(NC(=O)c2cccc(S)c2)n1. The van der Waals surface area contributed by atoms with E-state index >= 15 is 0 Å². The smallest absolute Gasteiger partial charge is 0.256 e. The summed E-state index contributed by atoms with van der Waals surface area (Å²) in [5.41, 5.74) is 0.571. The Hall–Kier alpha value is -1.75. The second kappa shape index (κ2) is 5.27. The fourth-order valence-electron chi connectivity index (χ4n) is 1.53. The fraction of sp³-hybridized carbons (Fsp3) is 0.231. The molecule has 0 radical (unpaired) electrons. The molecular weight excluding hydrogens is 246 g/mol. The topological polar surface area (TPSA) is 46.9 Å². The van der Waals surface area contributed by atoms with Crippen molar-refractivity contribution in [1.82, 2.24) is 9.78 Å². The number of carbonyl (C=O) groups is 1. The van der Waals surface area contributed by atoms with Gasteiger partial charge in [0.2, 0.25) is 0 Å². The van der Waals surface area contributed by atoms with Crippen LogP contribution in [0.2, 0.25) is 0 Å². The first-order chi connectivity index (χ1) is 8.56. The van der Waals surface area contributed by atoms with Crippen molar-refractivity contribution < 1.29 is 4.79 Å². The largest absolute Gasteiger partial charge is 0.305 e. The van der Waals surface area contributed by atoms with E-state index in [0.29, 0.717) is 11.4 Å². The zero-order valence-corrected chi connectivity index (χ0v) is 11.2. The number of anilines is 1. The highest BCUT2D eigenvalue weighted by Gasteiger charge is 2.08. The predicted octanol–water partition coefficient (Wildman–Crippen LogP) is 3.01. The van der Waals surface area contributed by atoms with E-state index in [-0.39, 0.29) is 11.9 Å². The first-order valence-electron chi connectivity index (χ1n) is 5.72. The maximum Gasteiger partial charge on any atom is 0.256 e. The molecule has 2 rings (SSSR count). The van der Waals surface area contributed by atoms with Gasteiger partial charge in [0, 0.05) is 28.8 Å². The van der Waals surface area contributed by atoms with Gasteiger partial charge in [-0.05, 0) is 32.0 Å². The van der Waals surface area contributed by atoms with Crippen molar-refractivity contribution >= 4 is 24.4 Å². The van der Waals surface area contributed by atoms with E-state index < -0.39 is 0 Å². The van der Waals surface area contributed by atoms with Crippen LogP contribution in [0.3, 0.4) is 0 Å². The van der Waals surface area contributed by atoms with Gasteiger partial charge in [0.15, 0.2) is 5.82 Å². The zero-order valence-electron chi connectivity index (χ0n) is 10.3. The first kappa shape index (κ1) is 12.7. The molecule has 1 aromatic heterocycles. The molecule has 0 saturated heterocycles. The summed E-state index contributed by atoms with van der Waals surface area (Å²) in [6.07, 6.45) is 1.84. The summed E-state index contributed by atoms with van der Waals surface area (Å²) in [4.78, 5) is 12.7. The van der Waals surface area contributed by atoms with Crippen molar-refractivity contribution in [3.8, 4) is 0 Å². The lowest BCUT2D eigenvalue weighted by Crippen LogP contribution is -2.13. The van der Waals surface area contributed by atoms with E-state index in [1.165, 1.54) is 0 Å². The third kappa shape index (κ3) is 2.92. The minimum absolute atomic E-state index is 0.181. The standard InChI is InChI=1S/C13H15N3OS/c1-9(2)16-7-6-12(15-16)14-13(17)10-4-3-5-11(18)8-10/h3-9,18H,1-2H3,(H,14,15,17). The molecule has 1 N–H and O–H groups in total. The Kier molecular flexibility index (Phi) is 3.72. The van der Waals surface area contributed by atoms with E-state index in [4.69, 9.17) is 0 Å². The highest BCUT2D eigenvalue weighted by molar-refractivity contribution is 7.80. The monoisotopic (exact) mass is 261 g/mol. The molecule has 5 heteroatoms. The van der Waals surface area contributed by atoms with Crippen molar-refractivity contribution in [2.24, 2.45) is 0 Å². The van der Waals surface area contributed by atoms with Crippen molar-refractivity contribution in [2.75, 3.05) is 5.32 Å². The van der Waals surface area contributed by atoms with Gasteiger partial charge in [-0.2, -0.15) is 5.10 Å². The molecular formula is C13H15N3OS. The highest BCUT2D eigenvalue weighted by atomic mass is 32.1. The van der Waals surface area contributed by atoms with Gasteiger partial charge in [-0.25, -0.2) is 0 Å². The number of hydrogen-bond acceptors (Lipinski definition) is 3. The molecule has 0 aliphatic carbocycles. The molecule has 0 unspecified atom stereocenters. The maximum absolute atomic E-state index is 12.0. The number of amides is 1. The van der Waals surface area contributed by atoms with Crippen molar-refractivity contribution in [3.63, 3.8) is 0 Å². The lowest BCUT2D eigenvalue weighted by Gasteiger charge is -2.05. The summed E-state index contributed by atoms with van der Waals surface area (Å²) in [6.45, 7) is 4.06. The number of carbonyl (C=O) groups excluding carboxylic acids is 1. The molecule has 94 valence electrons. The molecule has 4 nitrogen and oxygen atoms in total. The van der Waals surface area contributed by atoms with Crippen LogP contribution in [0.25, 0.3) is 0 Å². The summed E-state index contributed by atoms with van der Waals surface area (Å²) >= 11 is 4.21. The Morgan fingerprint density at radius 2 is 2.17 bits per heavy atom.